The summed E-state index contributed by atoms with van der Waals surface area (Å²) in [5, 5.41) is 0. The molecular weight excluding hydrogens is 180 g/mol. The zero-order valence-electron chi connectivity index (χ0n) is 9.29. The summed E-state index contributed by atoms with van der Waals surface area (Å²) >= 11 is 0. The highest BCUT2D eigenvalue weighted by Crippen LogP contribution is 2.28. The Bertz CT molecular complexity index is 191. The molecule has 0 aromatic heterocycles. The van der Waals surface area contributed by atoms with Crippen LogP contribution < -0.4 is 0 Å². The van der Waals surface area contributed by atoms with E-state index in [0.29, 0.717) is 12.5 Å². The van der Waals surface area contributed by atoms with Gasteiger partial charge in [-0.25, -0.2) is 0 Å². The summed E-state index contributed by atoms with van der Waals surface area (Å²) in [4.78, 5) is 10.9. The number of esters is 1. The van der Waals surface area contributed by atoms with Crippen LogP contribution in [0.15, 0.2) is 0 Å². The fourth-order valence-corrected chi connectivity index (χ4v) is 2.04. The smallest absolute Gasteiger partial charge is 0.302 e. The average molecular weight is 200 g/mol. The Kier molecular flexibility index (Phi) is 4.39. The Hall–Kier alpha value is -0.570. The number of carbonyl (C=O) groups is 1. The van der Waals surface area contributed by atoms with Gasteiger partial charge in [-0.15, -0.1) is 0 Å². The van der Waals surface area contributed by atoms with Crippen LogP contribution in [-0.2, 0) is 14.3 Å². The maximum absolute atomic E-state index is 10.9. The summed E-state index contributed by atoms with van der Waals surface area (Å²) in [6, 6.07) is 0. The third kappa shape index (κ3) is 3.29. The van der Waals surface area contributed by atoms with Crippen molar-refractivity contribution in [3.05, 3.63) is 0 Å². The van der Waals surface area contributed by atoms with Crippen LogP contribution in [0.25, 0.3) is 0 Å². The second-order valence-corrected chi connectivity index (χ2v) is 4.06. The predicted molar refractivity (Wildman–Crippen MR) is 54.0 cm³/mol. The lowest BCUT2D eigenvalue weighted by Crippen LogP contribution is -2.38. The summed E-state index contributed by atoms with van der Waals surface area (Å²) in [5.41, 5.74) is 0. The van der Waals surface area contributed by atoms with Crippen molar-refractivity contribution in [1.82, 2.24) is 0 Å². The minimum atomic E-state index is -0.200. The second-order valence-electron chi connectivity index (χ2n) is 4.06. The molecular formula is C11H20O3. The molecule has 3 atom stereocenters. The molecule has 0 saturated heterocycles. The molecule has 3 nitrogen and oxygen atoms in total. The average Bonchev–Trinajstić information content (AvgIpc) is 2.09. The number of hydrogen-bond donors (Lipinski definition) is 0. The maximum atomic E-state index is 10.9. The first-order valence-corrected chi connectivity index (χ1v) is 5.42. The van der Waals surface area contributed by atoms with Gasteiger partial charge in [-0.1, -0.05) is 6.92 Å². The number of carbonyl (C=O) groups excluding carboxylic acids is 1. The molecule has 0 bridgehead atoms. The normalized spacial score (nSPS) is 32.6. The molecule has 0 aromatic rings. The van der Waals surface area contributed by atoms with Crippen LogP contribution in [0.1, 0.15) is 40.0 Å². The first kappa shape index (κ1) is 11.5. The van der Waals surface area contributed by atoms with Gasteiger partial charge in [0.25, 0.3) is 0 Å². The van der Waals surface area contributed by atoms with Gasteiger partial charge in [0.2, 0.25) is 0 Å². The van der Waals surface area contributed by atoms with E-state index in [4.69, 9.17) is 9.47 Å². The van der Waals surface area contributed by atoms with Crippen molar-refractivity contribution >= 4 is 5.97 Å². The molecule has 0 amide bonds. The predicted octanol–water partition coefficient (Wildman–Crippen LogP) is 2.14. The molecule has 1 fully saturated rings. The standard InChI is InChI=1S/C11H20O3/c1-4-13-10-6-5-8(2)7-11(10)14-9(3)12/h8,10-11H,4-7H2,1-3H3. The van der Waals surface area contributed by atoms with Crippen LogP contribution in [-0.4, -0.2) is 24.8 Å². The molecule has 0 heterocycles. The van der Waals surface area contributed by atoms with Crippen molar-refractivity contribution < 1.29 is 14.3 Å². The zero-order chi connectivity index (χ0) is 10.6. The highest BCUT2D eigenvalue weighted by Gasteiger charge is 2.31. The van der Waals surface area contributed by atoms with E-state index in [9.17, 15) is 4.79 Å². The quantitative estimate of drug-likeness (QED) is 0.655. The molecule has 0 aliphatic heterocycles. The first-order valence-electron chi connectivity index (χ1n) is 5.42. The molecule has 14 heavy (non-hydrogen) atoms. The minimum Gasteiger partial charge on any atom is -0.460 e. The molecule has 0 aromatic carbocycles. The summed E-state index contributed by atoms with van der Waals surface area (Å²) in [5.74, 6) is 0.435. The van der Waals surface area contributed by atoms with Gasteiger partial charge in [-0.3, -0.25) is 4.79 Å². The fraction of sp³-hybridized carbons (Fsp3) is 0.909. The largest absolute Gasteiger partial charge is 0.460 e. The molecule has 0 radical (unpaired) electrons. The van der Waals surface area contributed by atoms with Crippen LogP contribution in [0, 0.1) is 5.92 Å². The molecule has 1 aliphatic rings. The summed E-state index contributed by atoms with van der Waals surface area (Å²) in [6.07, 6.45) is 3.19. The topological polar surface area (TPSA) is 35.5 Å². The lowest BCUT2D eigenvalue weighted by molar-refractivity contribution is -0.159. The molecule has 82 valence electrons. The van der Waals surface area contributed by atoms with Crippen LogP contribution in [0.2, 0.25) is 0 Å². The van der Waals surface area contributed by atoms with Crippen molar-refractivity contribution in [3.8, 4) is 0 Å². The van der Waals surface area contributed by atoms with Gasteiger partial charge in [0.05, 0.1) is 6.10 Å². The lowest BCUT2D eigenvalue weighted by atomic mass is 9.86. The Morgan fingerprint density at radius 2 is 2.07 bits per heavy atom. The molecule has 1 saturated carbocycles. The first-order chi connectivity index (χ1) is 6.63. The van der Waals surface area contributed by atoms with Gasteiger partial charge in [0, 0.05) is 13.5 Å². The summed E-state index contributed by atoms with van der Waals surface area (Å²) in [7, 11) is 0. The Balaban J connectivity index is 2.49. The Morgan fingerprint density at radius 3 is 2.64 bits per heavy atom. The Labute approximate surface area is 85.8 Å². The van der Waals surface area contributed by atoms with E-state index < -0.39 is 0 Å². The van der Waals surface area contributed by atoms with E-state index in [1.807, 2.05) is 6.92 Å². The van der Waals surface area contributed by atoms with Gasteiger partial charge in [0.15, 0.2) is 0 Å². The molecule has 0 N–H and O–H groups in total. The maximum Gasteiger partial charge on any atom is 0.302 e. The van der Waals surface area contributed by atoms with Gasteiger partial charge < -0.3 is 9.47 Å². The number of ether oxygens (including phenoxy) is 2. The van der Waals surface area contributed by atoms with Crippen molar-refractivity contribution in [2.24, 2.45) is 5.92 Å². The third-order valence-electron chi connectivity index (χ3n) is 2.69. The minimum absolute atomic E-state index is 0.0313. The van der Waals surface area contributed by atoms with Crippen molar-refractivity contribution in [3.63, 3.8) is 0 Å². The van der Waals surface area contributed by atoms with Crippen LogP contribution in [0.4, 0.5) is 0 Å². The molecule has 3 heteroatoms. The van der Waals surface area contributed by atoms with Crippen LogP contribution >= 0.6 is 0 Å². The fourth-order valence-electron chi connectivity index (χ4n) is 2.04. The Morgan fingerprint density at radius 1 is 1.36 bits per heavy atom. The lowest BCUT2D eigenvalue weighted by Gasteiger charge is -2.33. The zero-order valence-corrected chi connectivity index (χ0v) is 9.29. The van der Waals surface area contributed by atoms with Gasteiger partial charge in [0.1, 0.15) is 6.10 Å². The van der Waals surface area contributed by atoms with Crippen LogP contribution in [0.5, 0.6) is 0 Å². The van der Waals surface area contributed by atoms with Gasteiger partial charge in [-0.2, -0.15) is 0 Å². The highest BCUT2D eigenvalue weighted by atomic mass is 16.6. The second kappa shape index (κ2) is 5.35. The molecule has 1 aliphatic carbocycles. The summed E-state index contributed by atoms with van der Waals surface area (Å²) in [6.45, 7) is 6.32. The summed E-state index contributed by atoms with van der Waals surface area (Å²) < 4.78 is 10.8. The monoisotopic (exact) mass is 200 g/mol. The van der Waals surface area contributed by atoms with E-state index in [-0.39, 0.29) is 18.2 Å². The third-order valence-corrected chi connectivity index (χ3v) is 2.69. The van der Waals surface area contributed by atoms with Gasteiger partial charge in [-0.05, 0) is 32.1 Å². The van der Waals surface area contributed by atoms with Crippen molar-refractivity contribution in [1.29, 1.82) is 0 Å². The van der Waals surface area contributed by atoms with E-state index in [0.717, 1.165) is 12.8 Å². The molecule has 3 unspecified atom stereocenters. The van der Waals surface area contributed by atoms with Crippen molar-refractivity contribution in [2.45, 2.75) is 52.2 Å². The number of rotatable bonds is 3. The van der Waals surface area contributed by atoms with Gasteiger partial charge >= 0.3 is 5.97 Å². The van der Waals surface area contributed by atoms with E-state index >= 15 is 0 Å². The van der Waals surface area contributed by atoms with Crippen molar-refractivity contribution in [2.75, 3.05) is 6.61 Å². The number of hydrogen-bond acceptors (Lipinski definition) is 3. The van der Waals surface area contributed by atoms with Crippen LogP contribution in [0.3, 0.4) is 0 Å². The van der Waals surface area contributed by atoms with E-state index in [1.165, 1.54) is 13.3 Å². The van der Waals surface area contributed by atoms with E-state index in [2.05, 4.69) is 6.92 Å². The molecule has 1 rings (SSSR count). The molecule has 0 spiro atoms. The van der Waals surface area contributed by atoms with E-state index in [1.54, 1.807) is 0 Å². The SMILES string of the molecule is CCOC1CCC(C)CC1OC(C)=O. The highest BCUT2D eigenvalue weighted by molar-refractivity contribution is 5.66.